The molecule has 0 aliphatic rings. The number of rotatable bonds is 3. The molecule has 0 saturated carbocycles. The van der Waals surface area contributed by atoms with Crippen molar-refractivity contribution >= 4 is 0 Å². The van der Waals surface area contributed by atoms with E-state index in [1.54, 1.807) is 6.92 Å². The predicted molar refractivity (Wildman–Crippen MR) is 39.4 cm³/mol. The van der Waals surface area contributed by atoms with Gasteiger partial charge in [-0.25, -0.2) is 0 Å². The van der Waals surface area contributed by atoms with Gasteiger partial charge in [-0.2, -0.15) is 0 Å². The maximum absolute atomic E-state index is 8.56. The second kappa shape index (κ2) is 10.6. The van der Waals surface area contributed by atoms with E-state index >= 15 is 0 Å². The highest BCUT2D eigenvalue weighted by Gasteiger charge is 1.89. The molecule has 1 atom stereocenters. The lowest BCUT2D eigenvalue weighted by molar-refractivity contribution is 0.0527. The van der Waals surface area contributed by atoms with Crippen LogP contribution in [0.5, 0.6) is 0 Å². The van der Waals surface area contributed by atoms with Gasteiger partial charge in [-0.1, -0.05) is 0 Å². The molecule has 0 aromatic carbocycles. The molecule has 2 heteroatoms. The molecule has 0 aromatic heterocycles. The molecule has 0 rings (SSSR count). The van der Waals surface area contributed by atoms with Gasteiger partial charge in [0.25, 0.3) is 0 Å². The molecule has 0 saturated heterocycles. The lowest BCUT2D eigenvalue weighted by Gasteiger charge is -2.00. The topological polar surface area (TPSA) is 29.5 Å². The van der Waals surface area contributed by atoms with Crippen molar-refractivity contribution < 1.29 is 9.84 Å². The van der Waals surface area contributed by atoms with Gasteiger partial charge in [0.1, 0.15) is 0 Å². The zero-order chi connectivity index (χ0) is 7.70. The molecule has 0 bridgehead atoms. The smallest absolute Gasteiger partial charge is 0.0745 e. The van der Waals surface area contributed by atoms with E-state index in [4.69, 9.17) is 9.84 Å². The summed E-state index contributed by atoms with van der Waals surface area (Å²) in [5.74, 6) is 0. The number of hydrogen-bond acceptors (Lipinski definition) is 2. The van der Waals surface area contributed by atoms with Crippen molar-refractivity contribution in [2.75, 3.05) is 13.2 Å². The normalized spacial score (nSPS) is 11.4. The van der Waals surface area contributed by atoms with Crippen LogP contribution in [0.25, 0.3) is 0 Å². The quantitative estimate of drug-likeness (QED) is 0.585. The van der Waals surface area contributed by atoms with E-state index in [0.29, 0.717) is 13.2 Å². The third kappa shape index (κ3) is 18.3. The second-order valence-electron chi connectivity index (χ2n) is 1.51. The standard InChI is InChI=1S/C5H12O2.C2H4/c1-3-7-4-5(2)6;1-2/h5-6H,3-4H2,1-2H3;1-2H2. The molecule has 0 heterocycles. The Morgan fingerprint density at radius 1 is 1.56 bits per heavy atom. The van der Waals surface area contributed by atoms with Crippen molar-refractivity contribution in [3.05, 3.63) is 13.2 Å². The Balaban J connectivity index is 0. The Labute approximate surface area is 57.2 Å². The molecular formula is C7H16O2. The Kier molecular flexibility index (Phi) is 13.5. The fourth-order valence-corrected chi connectivity index (χ4v) is 0.288. The summed E-state index contributed by atoms with van der Waals surface area (Å²) in [4.78, 5) is 0. The summed E-state index contributed by atoms with van der Waals surface area (Å²) < 4.78 is 4.84. The van der Waals surface area contributed by atoms with Crippen molar-refractivity contribution in [1.29, 1.82) is 0 Å². The largest absolute Gasteiger partial charge is 0.391 e. The number of ether oxygens (including phenoxy) is 1. The number of aliphatic hydroxyl groups excluding tert-OH is 1. The van der Waals surface area contributed by atoms with E-state index in [1.165, 1.54) is 0 Å². The lowest BCUT2D eigenvalue weighted by Crippen LogP contribution is -2.09. The minimum Gasteiger partial charge on any atom is -0.391 e. The molecule has 9 heavy (non-hydrogen) atoms. The van der Waals surface area contributed by atoms with Crippen LogP contribution in [0.2, 0.25) is 0 Å². The van der Waals surface area contributed by atoms with Crippen LogP contribution in [0.1, 0.15) is 13.8 Å². The summed E-state index contributed by atoms with van der Waals surface area (Å²) in [6.07, 6.45) is -0.319. The molecule has 56 valence electrons. The van der Waals surface area contributed by atoms with E-state index in [0.717, 1.165) is 0 Å². The fourth-order valence-electron chi connectivity index (χ4n) is 0.288. The molecule has 0 radical (unpaired) electrons. The van der Waals surface area contributed by atoms with E-state index in [2.05, 4.69) is 13.2 Å². The molecule has 1 N–H and O–H groups in total. The van der Waals surface area contributed by atoms with Crippen molar-refractivity contribution in [2.24, 2.45) is 0 Å². The Morgan fingerprint density at radius 3 is 2.11 bits per heavy atom. The van der Waals surface area contributed by atoms with Crippen LogP contribution in [0.15, 0.2) is 13.2 Å². The van der Waals surface area contributed by atoms with Gasteiger partial charge in [-0.15, -0.1) is 13.2 Å². The number of hydrogen-bond donors (Lipinski definition) is 1. The summed E-state index contributed by atoms with van der Waals surface area (Å²) >= 11 is 0. The molecular weight excluding hydrogens is 116 g/mol. The van der Waals surface area contributed by atoms with Gasteiger partial charge in [-0.05, 0) is 13.8 Å². The maximum atomic E-state index is 8.56. The third-order valence-corrected chi connectivity index (χ3v) is 0.563. The van der Waals surface area contributed by atoms with Gasteiger partial charge in [-0.3, -0.25) is 0 Å². The van der Waals surface area contributed by atoms with Crippen molar-refractivity contribution in [1.82, 2.24) is 0 Å². The second-order valence-corrected chi connectivity index (χ2v) is 1.51. The highest BCUT2D eigenvalue weighted by Crippen LogP contribution is 1.79. The minimum atomic E-state index is -0.319. The SMILES string of the molecule is C=C.CCOCC(C)O. The van der Waals surface area contributed by atoms with Crippen molar-refractivity contribution in [3.63, 3.8) is 0 Å². The van der Waals surface area contributed by atoms with Crippen LogP contribution < -0.4 is 0 Å². The molecule has 0 amide bonds. The van der Waals surface area contributed by atoms with Gasteiger partial charge in [0, 0.05) is 6.61 Å². The summed E-state index contributed by atoms with van der Waals surface area (Å²) in [6, 6.07) is 0. The van der Waals surface area contributed by atoms with Crippen LogP contribution in [-0.2, 0) is 4.74 Å². The van der Waals surface area contributed by atoms with Gasteiger partial charge in [0.2, 0.25) is 0 Å². The predicted octanol–water partition coefficient (Wildman–Crippen LogP) is 1.21. The average molecular weight is 132 g/mol. The molecule has 0 spiro atoms. The Hall–Kier alpha value is -0.340. The molecule has 0 aromatic rings. The van der Waals surface area contributed by atoms with Gasteiger partial charge >= 0.3 is 0 Å². The van der Waals surface area contributed by atoms with E-state index < -0.39 is 0 Å². The Morgan fingerprint density at radius 2 is 2.00 bits per heavy atom. The summed E-state index contributed by atoms with van der Waals surface area (Å²) in [7, 11) is 0. The van der Waals surface area contributed by atoms with Crippen LogP contribution in [0.3, 0.4) is 0 Å². The zero-order valence-corrected chi connectivity index (χ0v) is 6.26. The zero-order valence-electron chi connectivity index (χ0n) is 6.26. The highest BCUT2D eigenvalue weighted by molar-refractivity contribution is 4.38. The summed E-state index contributed by atoms with van der Waals surface area (Å²) in [6.45, 7) is 10.7. The summed E-state index contributed by atoms with van der Waals surface area (Å²) in [5, 5.41) is 8.56. The van der Waals surface area contributed by atoms with Gasteiger partial charge in [0.05, 0.1) is 12.7 Å². The Bertz CT molecular complexity index is 44.2. The molecule has 0 aliphatic heterocycles. The average Bonchev–Trinajstić information content (AvgIpc) is 1.88. The van der Waals surface area contributed by atoms with Crippen LogP contribution in [0.4, 0.5) is 0 Å². The first-order valence-corrected chi connectivity index (χ1v) is 3.03. The van der Waals surface area contributed by atoms with Crippen molar-refractivity contribution in [2.45, 2.75) is 20.0 Å². The van der Waals surface area contributed by atoms with Crippen LogP contribution in [-0.4, -0.2) is 24.4 Å². The van der Waals surface area contributed by atoms with E-state index in [-0.39, 0.29) is 6.10 Å². The molecule has 2 nitrogen and oxygen atoms in total. The maximum Gasteiger partial charge on any atom is 0.0745 e. The molecule has 1 unspecified atom stereocenters. The summed E-state index contributed by atoms with van der Waals surface area (Å²) in [5.41, 5.74) is 0. The number of aliphatic hydroxyl groups is 1. The first-order chi connectivity index (χ1) is 4.27. The fraction of sp³-hybridized carbons (Fsp3) is 0.714. The van der Waals surface area contributed by atoms with Crippen molar-refractivity contribution in [3.8, 4) is 0 Å². The van der Waals surface area contributed by atoms with Crippen LogP contribution >= 0.6 is 0 Å². The van der Waals surface area contributed by atoms with E-state index in [1.807, 2.05) is 6.92 Å². The monoisotopic (exact) mass is 132 g/mol. The molecule has 0 fully saturated rings. The highest BCUT2D eigenvalue weighted by atomic mass is 16.5. The molecule has 0 aliphatic carbocycles. The van der Waals surface area contributed by atoms with Gasteiger partial charge in [0.15, 0.2) is 0 Å². The first kappa shape index (κ1) is 11.5. The first-order valence-electron chi connectivity index (χ1n) is 3.03. The lowest BCUT2D eigenvalue weighted by atomic mass is 10.4. The van der Waals surface area contributed by atoms with E-state index in [9.17, 15) is 0 Å². The van der Waals surface area contributed by atoms with Gasteiger partial charge < -0.3 is 9.84 Å². The van der Waals surface area contributed by atoms with Crippen LogP contribution in [0, 0.1) is 0 Å². The third-order valence-electron chi connectivity index (χ3n) is 0.563. The minimum absolute atomic E-state index is 0.319.